The molecule has 0 fully saturated rings. The molecule has 1 aromatic carbocycles. The minimum Gasteiger partial charge on any atom is -0.396 e. The number of hydrogen-bond donors (Lipinski definition) is 2. The Morgan fingerprint density at radius 1 is 1.22 bits per heavy atom. The summed E-state index contributed by atoms with van der Waals surface area (Å²) in [5, 5.41) is 12.8. The van der Waals surface area contributed by atoms with E-state index in [1.807, 2.05) is 0 Å². The summed E-state index contributed by atoms with van der Waals surface area (Å²) in [5.41, 5.74) is 2.68. The van der Waals surface area contributed by atoms with E-state index in [1.54, 1.807) is 0 Å². The Morgan fingerprint density at radius 2 is 1.83 bits per heavy atom. The van der Waals surface area contributed by atoms with E-state index >= 15 is 0 Å². The molecule has 2 heteroatoms. The van der Waals surface area contributed by atoms with Gasteiger partial charge in [0, 0.05) is 25.1 Å². The third-order valence-corrected chi connectivity index (χ3v) is 3.76. The summed E-state index contributed by atoms with van der Waals surface area (Å²) in [7, 11) is 0. The van der Waals surface area contributed by atoms with Crippen molar-refractivity contribution in [3.63, 3.8) is 0 Å². The largest absolute Gasteiger partial charge is 0.396 e. The zero-order chi connectivity index (χ0) is 13.6. The molecule has 0 aliphatic rings. The quantitative estimate of drug-likeness (QED) is 0.777. The van der Waals surface area contributed by atoms with Crippen molar-refractivity contribution in [1.29, 1.82) is 0 Å². The summed E-state index contributed by atoms with van der Waals surface area (Å²) in [6.45, 7) is 10.6. The van der Waals surface area contributed by atoms with Crippen LogP contribution in [0.3, 0.4) is 0 Å². The molecule has 0 aromatic heterocycles. The van der Waals surface area contributed by atoms with Crippen molar-refractivity contribution in [2.75, 3.05) is 13.2 Å². The first-order valence-corrected chi connectivity index (χ1v) is 6.91. The number of aliphatic hydroxyl groups excluding tert-OH is 1. The topological polar surface area (TPSA) is 32.3 Å². The van der Waals surface area contributed by atoms with Crippen LogP contribution in [-0.2, 0) is 6.54 Å². The second kappa shape index (κ2) is 6.91. The van der Waals surface area contributed by atoms with E-state index in [1.165, 1.54) is 11.1 Å². The van der Waals surface area contributed by atoms with Crippen LogP contribution in [0.1, 0.15) is 51.2 Å². The molecule has 18 heavy (non-hydrogen) atoms. The molecular formula is C16H27NO. The second-order valence-corrected chi connectivity index (χ2v) is 5.82. The highest BCUT2D eigenvalue weighted by Gasteiger charge is 2.19. The Balaban J connectivity index is 2.44. The molecule has 102 valence electrons. The molecule has 0 spiro atoms. The van der Waals surface area contributed by atoms with Gasteiger partial charge in [-0.05, 0) is 23.5 Å². The first-order valence-electron chi connectivity index (χ1n) is 6.91. The molecule has 0 amide bonds. The summed E-state index contributed by atoms with van der Waals surface area (Å²) in [4.78, 5) is 0. The highest BCUT2D eigenvalue weighted by atomic mass is 16.3. The minimum absolute atomic E-state index is 0.00211. The van der Waals surface area contributed by atoms with Crippen molar-refractivity contribution in [2.45, 2.75) is 46.6 Å². The molecule has 1 rings (SSSR count). The summed E-state index contributed by atoms with van der Waals surface area (Å²) < 4.78 is 0. The van der Waals surface area contributed by atoms with E-state index in [0.29, 0.717) is 5.92 Å². The van der Waals surface area contributed by atoms with Gasteiger partial charge in [0.15, 0.2) is 0 Å². The highest BCUT2D eigenvalue weighted by molar-refractivity contribution is 5.24. The average molecular weight is 249 g/mol. The zero-order valence-electron chi connectivity index (χ0n) is 12.2. The fourth-order valence-corrected chi connectivity index (χ4v) is 1.82. The molecule has 0 aliphatic carbocycles. The van der Waals surface area contributed by atoms with Gasteiger partial charge in [0.2, 0.25) is 0 Å². The van der Waals surface area contributed by atoms with Crippen molar-refractivity contribution in [3.8, 4) is 0 Å². The number of benzene rings is 1. The van der Waals surface area contributed by atoms with Crippen LogP contribution in [0.2, 0.25) is 0 Å². The van der Waals surface area contributed by atoms with Gasteiger partial charge in [-0.2, -0.15) is 0 Å². The Kier molecular flexibility index (Phi) is 5.83. The third kappa shape index (κ3) is 4.43. The lowest BCUT2D eigenvalue weighted by Crippen LogP contribution is -2.34. The van der Waals surface area contributed by atoms with Gasteiger partial charge < -0.3 is 10.4 Å². The molecule has 1 aromatic rings. The van der Waals surface area contributed by atoms with Gasteiger partial charge in [0.1, 0.15) is 0 Å². The van der Waals surface area contributed by atoms with Crippen LogP contribution in [0.5, 0.6) is 0 Å². The lowest BCUT2D eigenvalue weighted by atomic mass is 9.88. The average Bonchev–Trinajstić information content (AvgIpc) is 2.39. The van der Waals surface area contributed by atoms with Crippen molar-refractivity contribution >= 4 is 0 Å². The predicted molar refractivity (Wildman–Crippen MR) is 77.7 cm³/mol. The van der Waals surface area contributed by atoms with Gasteiger partial charge in [-0.15, -0.1) is 0 Å². The number of hydrogen-bond acceptors (Lipinski definition) is 2. The molecule has 1 unspecified atom stereocenters. The first kappa shape index (κ1) is 15.2. The number of nitrogens with one attached hydrogen (secondary N) is 1. The van der Waals surface area contributed by atoms with Gasteiger partial charge in [0.25, 0.3) is 0 Å². The fraction of sp³-hybridized carbons (Fsp3) is 0.625. The normalized spacial score (nSPS) is 14.8. The Labute approximate surface area is 111 Å². The summed E-state index contributed by atoms with van der Waals surface area (Å²) in [5.74, 6) is 0.588. The summed E-state index contributed by atoms with van der Waals surface area (Å²) >= 11 is 0. The van der Waals surface area contributed by atoms with E-state index in [0.717, 1.165) is 19.5 Å². The van der Waals surface area contributed by atoms with Gasteiger partial charge in [-0.25, -0.2) is 0 Å². The third-order valence-electron chi connectivity index (χ3n) is 3.76. The van der Waals surface area contributed by atoms with Gasteiger partial charge in [0.05, 0.1) is 0 Å². The van der Waals surface area contributed by atoms with Crippen molar-refractivity contribution < 1.29 is 5.11 Å². The maximum atomic E-state index is 9.34. The molecule has 0 saturated heterocycles. The fourth-order valence-electron chi connectivity index (χ4n) is 1.82. The van der Waals surface area contributed by atoms with Crippen LogP contribution in [0.15, 0.2) is 24.3 Å². The Bertz CT molecular complexity index is 339. The van der Waals surface area contributed by atoms with Crippen LogP contribution >= 0.6 is 0 Å². The molecule has 0 heterocycles. The minimum atomic E-state index is -0.00211. The maximum absolute atomic E-state index is 9.34. The second-order valence-electron chi connectivity index (χ2n) is 5.82. The Morgan fingerprint density at radius 3 is 2.28 bits per heavy atom. The van der Waals surface area contributed by atoms with Crippen molar-refractivity contribution in [3.05, 3.63) is 35.4 Å². The van der Waals surface area contributed by atoms with Crippen LogP contribution < -0.4 is 5.32 Å². The smallest absolute Gasteiger partial charge is 0.0496 e. The summed E-state index contributed by atoms with van der Waals surface area (Å²) in [6, 6.07) is 8.77. The SMILES string of the molecule is CCC(C)(CO)CNCc1ccc(C(C)C)cc1. The lowest BCUT2D eigenvalue weighted by molar-refractivity contribution is 0.135. The maximum Gasteiger partial charge on any atom is 0.0496 e. The van der Waals surface area contributed by atoms with E-state index in [2.05, 4.69) is 57.3 Å². The van der Waals surface area contributed by atoms with Crippen LogP contribution in [0.4, 0.5) is 0 Å². The van der Waals surface area contributed by atoms with Crippen molar-refractivity contribution in [1.82, 2.24) is 5.32 Å². The molecule has 0 bridgehead atoms. The van der Waals surface area contributed by atoms with Crippen molar-refractivity contribution in [2.24, 2.45) is 5.41 Å². The molecular weight excluding hydrogens is 222 g/mol. The molecule has 1 atom stereocenters. The van der Waals surface area contributed by atoms with Crippen LogP contribution in [0, 0.1) is 5.41 Å². The lowest BCUT2D eigenvalue weighted by Gasteiger charge is -2.25. The molecule has 2 nitrogen and oxygen atoms in total. The van der Waals surface area contributed by atoms with Gasteiger partial charge in [-0.3, -0.25) is 0 Å². The monoisotopic (exact) mass is 249 g/mol. The van der Waals surface area contributed by atoms with E-state index < -0.39 is 0 Å². The Hall–Kier alpha value is -0.860. The molecule has 2 N–H and O–H groups in total. The first-order chi connectivity index (χ1) is 8.50. The molecule has 0 aliphatic heterocycles. The van der Waals surface area contributed by atoms with E-state index in [9.17, 15) is 5.11 Å². The standard InChI is InChI=1S/C16H27NO/c1-5-16(4,12-18)11-17-10-14-6-8-15(9-7-14)13(2)3/h6-9,13,17-18H,5,10-12H2,1-4H3. The molecule has 0 radical (unpaired) electrons. The molecule has 0 saturated carbocycles. The van der Waals surface area contributed by atoms with Gasteiger partial charge in [-0.1, -0.05) is 52.0 Å². The number of aliphatic hydroxyl groups is 1. The zero-order valence-corrected chi connectivity index (χ0v) is 12.2. The predicted octanol–water partition coefficient (Wildman–Crippen LogP) is 3.31. The van der Waals surface area contributed by atoms with Crippen LogP contribution in [-0.4, -0.2) is 18.3 Å². The summed E-state index contributed by atoms with van der Waals surface area (Å²) in [6.07, 6.45) is 0.989. The van der Waals surface area contributed by atoms with E-state index in [4.69, 9.17) is 0 Å². The van der Waals surface area contributed by atoms with E-state index in [-0.39, 0.29) is 12.0 Å². The number of rotatable bonds is 7. The van der Waals surface area contributed by atoms with Gasteiger partial charge >= 0.3 is 0 Å². The van der Waals surface area contributed by atoms with Crippen LogP contribution in [0.25, 0.3) is 0 Å². The highest BCUT2D eigenvalue weighted by Crippen LogP contribution is 2.19.